The van der Waals surface area contributed by atoms with Gasteiger partial charge in [0.2, 0.25) is 5.91 Å². The third-order valence-electron chi connectivity index (χ3n) is 3.29. The quantitative estimate of drug-likeness (QED) is 0.899. The second-order valence-corrected chi connectivity index (χ2v) is 4.73. The van der Waals surface area contributed by atoms with Gasteiger partial charge in [0.05, 0.1) is 6.54 Å². The minimum Gasteiger partial charge on any atom is -0.343 e. The van der Waals surface area contributed by atoms with E-state index in [0.29, 0.717) is 11.1 Å². The number of likely N-dealkylation sites (tertiary alicyclic amines) is 1. The highest BCUT2D eigenvalue weighted by Gasteiger charge is 2.18. The Bertz CT molecular complexity index is 496. The van der Waals surface area contributed by atoms with Crippen LogP contribution in [0.4, 0.5) is 4.39 Å². The summed E-state index contributed by atoms with van der Waals surface area (Å²) in [5.41, 5.74) is 0.960. The van der Waals surface area contributed by atoms with Crippen LogP contribution in [0.15, 0.2) is 18.2 Å². The average Bonchev–Trinajstić information content (AvgIpc) is 2.89. The van der Waals surface area contributed by atoms with E-state index in [1.54, 1.807) is 11.8 Å². The Morgan fingerprint density at radius 3 is 2.63 bits per heavy atom. The highest BCUT2D eigenvalue weighted by Crippen LogP contribution is 2.10. The van der Waals surface area contributed by atoms with Gasteiger partial charge in [-0.3, -0.25) is 9.59 Å². The molecule has 0 radical (unpaired) electrons. The highest BCUT2D eigenvalue weighted by atomic mass is 19.1. The first-order valence-corrected chi connectivity index (χ1v) is 6.40. The van der Waals surface area contributed by atoms with Gasteiger partial charge in [-0.05, 0) is 43.5 Å². The standard InChI is InChI=1S/C14H17FN2O2/c1-10-8-11(15)4-5-12(10)14(19)16-9-13(18)17-6-2-3-7-17/h4-5,8H,2-3,6-7,9H2,1H3,(H,16,19). The summed E-state index contributed by atoms with van der Waals surface area (Å²) in [4.78, 5) is 25.4. The maximum atomic E-state index is 12.9. The van der Waals surface area contributed by atoms with E-state index in [0.717, 1.165) is 25.9 Å². The smallest absolute Gasteiger partial charge is 0.251 e. The number of rotatable bonds is 3. The Morgan fingerprint density at radius 2 is 2.00 bits per heavy atom. The molecule has 0 unspecified atom stereocenters. The minimum absolute atomic E-state index is 0.00432. The molecule has 1 N–H and O–H groups in total. The van der Waals surface area contributed by atoms with Gasteiger partial charge in [0.15, 0.2) is 0 Å². The molecule has 1 aliphatic rings. The number of benzene rings is 1. The number of amides is 2. The number of carbonyl (C=O) groups excluding carboxylic acids is 2. The topological polar surface area (TPSA) is 49.4 Å². The van der Waals surface area contributed by atoms with Crippen molar-refractivity contribution in [3.05, 3.63) is 35.1 Å². The summed E-state index contributed by atoms with van der Waals surface area (Å²) in [7, 11) is 0. The molecule has 2 rings (SSSR count). The van der Waals surface area contributed by atoms with Gasteiger partial charge in [-0.25, -0.2) is 4.39 Å². The summed E-state index contributed by atoms with van der Waals surface area (Å²) in [5.74, 6) is -0.780. The molecular weight excluding hydrogens is 247 g/mol. The maximum absolute atomic E-state index is 12.9. The summed E-state index contributed by atoms with van der Waals surface area (Å²) in [5, 5.41) is 2.58. The van der Waals surface area contributed by atoms with Crippen LogP contribution in [-0.2, 0) is 4.79 Å². The van der Waals surface area contributed by atoms with Gasteiger partial charge in [-0.2, -0.15) is 0 Å². The third kappa shape index (κ3) is 3.30. The molecule has 0 spiro atoms. The van der Waals surface area contributed by atoms with Crippen LogP contribution in [0, 0.1) is 12.7 Å². The molecule has 0 atom stereocenters. The zero-order chi connectivity index (χ0) is 13.8. The van der Waals surface area contributed by atoms with Crippen molar-refractivity contribution in [2.75, 3.05) is 19.6 Å². The summed E-state index contributed by atoms with van der Waals surface area (Å²) >= 11 is 0. The summed E-state index contributed by atoms with van der Waals surface area (Å²) in [6, 6.07) is 3.97. The Hall–Kier alpha value is -1.91. The first-order chi connectivity index (χ1) is 9.08. The molecule has 0 saturated carbocycles. The van der Waals surface area contributed by atoms with E-state index < -0.39 is 0 Å². The lowest BCUT2D eigenvalue weighted by Crippen LogP contribution is -2.38. The lowest BCUT2D eigenvalue weighted by atomic mass is 10.1. The molecule has 1 aromatic carbocycles. The van der Waals surface area contributed by atoms with Crippen molar-refractivity contribution in [3.8, 4) is 0 Å². The number of aryl methyl sites for hydroxylation is 1. The normalized spacial score (nSPS) is 14.5. The zero-order valence-corrected chi connectivity index (χ0v) is 10.9. The van der Waals surface area contributed by atoms with E-state index in [1.807, 2.05) is 0 Å². The van der Waals surface area contributed by atoms with Gasteiger partial charge in [-0.15, -0.1) is 0 Å². The molecule has 4 nitrogen and oxygen atoms in total. The van der Waals surface area contributed by atoms with E-state index in [1.165, 1.54) is 18.2 Å². The van der Waals surface area contributed by atoms with E-state index in [2.05, 4.69) is 5.32 Å². The predicted molar refractivity (Wildman–Crippen MR) is 69.3 cm³/mol. The van der Waals surface area contributed by atoms with Gasteiger partial charge in [0, 0.05) is 18.7 Å². The van der Waals surface area contributed by atoms with E-state index >= 15 is 0 Å². The Kier molecular flexibility index (Phi) is 4.14. The fourth-order valence-electron chi connectivity index (χ4n) is 2.21. The van der Waals surface area contributed by atoms with Gasteiger partial charge in [0.1, 0.15) is 5.82 Å². The molecule has 5 heteroatoms. The van der Waals surface area contributed by atoms with Crippen LogP contribution in [0.5, 0.6) is 0 Å². The molecule has 1 heterocycles. The second kappa shape index (κ2) is 5.82. The van der Waals surface area contributed by atoms with E-state index in [-0.39, 0.29) is 24.2 Å². The molecule has 0 aromatic heterocycles. The zero-order valence-electron chi connectivity index (χ0n) is 10.9. The molecule has 0 aliphatic carbocycles. The van der Waals surface area contributed by atoms with Crippen LogP contribution >= 0.6 is 0 Å². The number of halogens is 1. The second-order valence-electron chi connectivity index (χ2n) is 4.73. The number of hydrogen-bond acceptors (Lipinski definition) is 2. The molecular formula is C14H17FN2O2. The third-order valence-corrected chi connectivity index (χ3v) is 3.29. The van der Waals surface area contributed by atoms with Crippen molar-refractivity contribution >= 4 is 11.8 Å². The predicted octanol–water partition coefficient (Wildman–Crippen LogP) is 1.49. The summed E-state index contributed by atoms with van der Waals surface area (Å²) in [6.07, 6.45) is 2.05. The molecule has 1 fully saturated rings. The van der Waals surface area contributed by atoms with Gasteiger partial charge >= 0.3 is 0 Å². The van der Waals surface area contributed by atoms with Crippen LogP contribution < -0.4 is 5.32 Å². The van der Waals surface area contributed by atoms with E-state index in [9.17, 15) is 14.0 Å². The first-order valence-electron chi connectivity index (χ1n) is 6.40. The van der Waals surface area contributed by atoms with Crippen LogP contribution in [0.1, 0.15) is 28.8 Å². The first kappa shape index (κ1) is 13.5. The van der Waals surface area contributed by atoms with Crippen LogP contribution in [0.3, 0.4) is 0 Å². The fraction of sp³-hybridized carbons (Fsp3) is 0.429. The SMILES string of the molecule is Cc1cc(F)ccc1C(=O)NCC(=O)N1CCCC1. The van der Waals surface area contributed by atoms with Crippen molar-refractivity contribution < 1.29 is 14.0 Å². The molecule has 102 valence electrons. The number of carbonyl (C=O) groups is 2. The maximum Gasteiger partial charge on any atom is 0.251 e. The van der Waals surface area contributed by atoms with Crippen molar-refractivity contribution in [2.24, 2.45) is 0 Å². The van der Waals surface area contributed by atoms with Crippen molar-refractivity contribution in [1.82, 2.24) is 10.2 Å². The number of hydrogen-bond donors (Lipinski definition) is 1. The molecule has 1 aromatic rings. The summed E-state index contributed by atoms with van der Waals surface area (Å²) < 4.78 is 12.9. The van der Waals surface area contributed by atoms with Gasteiger partial charge in [0.25, 0.3) is 5.91 Å². The number of nitrogens with zero attached hydrogens (tertiary/aromatic N) is 1. The Labute approximate surface area is 111 Å². The van der Waals surface area contributed by atoms with Crippen LogP contribution in [0.25, 0.3) is 0 Å². The minimum atomic E-state index is -0.373. The molecule has 1 saturated heterocycles. The monoisotopic (exact) mass is 264 g/mol. The Morgan fingerprint density at radius 1 is 1.32 bits per heavy atom. The fourth-order valence-corrected chi connectivity index (χ4v) is 2.21. The summed E-state index contributed by atoms with van der Waals surface area (Å²) in [6.45, 7) is 3.20. The average molecular weight is 264 g/mol. The van der Waals surface area contributed by atoms with Gasteiger partial charge in [-0.1, -0.05) is 0 Å². The Balaban J connectivity index is 1.92. The van der Waals surface area contributed by atoms with Crippen LogP contribution in [-0.4, -0.2) is 36.3 Å². The van der Waals surface area contributed by atoms with Crippen molar-refractivity contribution in [2.45, 2.75) is 19.8 Å². The van der Waals surface area contributed by atoms with Crippen molar-refractivity contribution in [3.63, 3.8) is 0 Å². The van der Waals surface area contributed by atoms with Crippen molar-refractivity contribution in [1.29, 1.82) is 0 Å². The molecule has 2 amide bonds. The molecule has 19 heavy (non-hydrogen) atoms. The lowest BCUT2D eigenvalue weighted by molar-refractivity contribution is -0.129. The highest BCUT2D eigenvalue weighted by molar-refractivity contribution is 5.97. The number of nitrogens with one attached hydrogen (secondary N) is 1. The lowest BCUT2D eigenvalue weighted by Gasteiger charge is -2.15. The molecule has 0 bridgehead atoms. The van der Waals surface area contributed by atoms with Gasteiger partial charge < -0.3 is 10.2 Å². The van der Waals surface area contributed by atoms with Crippen LogP contribution in [0.2, 0.25) is 0 Å². The van der Waals surface area contributed by atoms with E-state index in [4.69, 9.17) is 0 Å². The largest absolute Gasteiger partial charge is 0.343 e. The molecule has 1 aliphatic heterocycles.